The first-order valence-electron chi connectivity index (χ1n) is 8.36. The number of benzene rings is 1. The second kappa shape index (κ2) is 9.27. The highest BCUT2D eigenvalue weighted by Gasteiger charge is 2.22. The fourth-order valence-corrected chi connectivity index (χ4v) is 2.85. The van der Waals surface area contributed by atoms with Crippen molar-refractivity contribution >= 4 is 11.9 Å². The van der Waals surface area contributed by atoms with Crippen LogP contribution in [0.3, 0.4) is 0 Å². The minimum absolute atomic E-state index is 0.0736. The van der Waals surface area contributed by atoms with Crippen LogP contribution in [-0.2, 0) is 20.9 Å². The van der Waals surface area contributed by atoms with E-state index >= 15 is 0 Å². The van der Waals surface area contributed by atoms with Gasteiger partial charge in [-0.15, -0.1) is 0 Å². The Bertz CT molecular complexity index is 560. The maximum absolute atomic E-state index is 11.9. The molecule has 0 aliphatic heterocycles. The normalized spacial score (nSPS) is 20.4. The zero-order valence-corrected chi connectivity index (χ0v) is 14.0. The van der Waals surface area contributed by atoms with Gasteiger partial charge in [0.2, 0.25) is 5.91 Å². The van der Waals surface area contributed by atoms with E-state index in [1.807, 2.05) is 6.07 Å². The van der Waals surface area contributed by atoms with Crippen LogP contribution in [0.1, 0.15) is 38.2 Å². The number of hydrogen-bond acceptors (Lipinski definition) is 4. The zero-order valence-electron chi connectivity index (χ0n) is 14.0. The van der Waals surface area contributed by atoms with E-state index in [-0.39, 0.29) is 25.2 Å². The highest BCUT2D eigenvalue weighted by Crippen LogP contribution is 2.26. The lowest BCUT2D eigenvalue weighted by Gasteiger charge is -2.28. The van der Waals surface area contributed by atoms with Crippen molar-refractivity contribution in [2.45, 2.75) is 45.3 Å². The number of carboxylic acid groups (broad SMARTS) is 1. The second-order valence-electron chi connectivity index (χ2n) is 6.22. The average molecular weight is 335 g/mol. The van der Waals surface area contributed by atoms with Gasteiger partial charge in [0.05, 0.1) is 6.10 Å². The van der Waals surface area contributed by atoms with E-state index in [1.54, 1.807) is 18.2 Å². The first kappa shape index (κ1) is 18.3. The summed E-state index contributed by atoms with van der Waals surface area (Å²) in [5.41, 5.74) is 0.845. The number of rotatable bonds is 8. The lowest BCUT2D eigenvalue weighted by molar-refractivity contribution is -0.139. The maximum Gasteiger partial charge on any atom is 0.341 e. The number of aliphatic carboxylic acids is 1. The summed E-state index contributed by atoms with van der Waals surface area (Å²) in [6, 6.07) is 7.01. The van der Waals surface area contributed by atoms with Crippen molar-refractivity contribution < 1.29 is 24.2 Å². The predicted molar refractivity (Wildman–Crippen MR) is 88.8 cm³/mol. The van der Waals surface area contributed by atoms with Crippen LogP contribution in [0.2, 0.25) is 0 Å². The Morgan fingerprint density at radius 2 is 2.04 bits per heavy atom. The van der Waals surface area contributed by atoms with Crippen LogP contribution < -0.4 is 10.1 Å². The quantitative estimate of drug-likeness (QED) is 0.762. The molecule has 1 saturated carbocycles. The summed E-state index contributed by atoms with van der Waals surface area (Å²) in [7, 11) is 0. The van der Waals surface area contributed by atoms with Crippen LogP contribution in [0, 0.1) is 5.92 Å². The average Bonchev–Trinajstić information content (AvgIpc) is 2.58. The van der Waals surface area contributed by atoms with Crippen LogP contribution in [0.4, 0.5) is 0 Å². The van der Waals surface area contributed by atoms with Crippen LogP contribution in [-0.4, -0.2) is 36.3 Å². The Morgan fingerprint density at radius 1 is 1.25 bits per heavy atom. The third-order valence-corrected chi connectivity index (χ3v) is 4.21. The van der Waals surface area contributed by atoms with Crippen molar-refractivity contribution in [2.24, 2.45) is 5.92 Å². The van der Waals surface area contributed by atoms with Crippen molar-refractivity contribution in [1.29, 1.82) is 0 Å². The van der Waals surface area contributed by atoms with E-state index in [0.717, 1.165) is 18.4 Å². The summed E-state index contributed by atoms with van der Waals surface area (Å²) >= 11 is 0. The zero-order chi connectivity index (χ0) is 17.4. The molecule has 2 atom stereocenters. The van der Waals surface area contributed by atoms with Gasteiger partial charge in [0, 0.05) is 6.54 Å². The van der Waals surface area contributed by atoms with Gasteiger partial charge in [0.1, 0.15) is 12.4 Å². The van der Waals surface area contributed by atoms with Crippen molar-refractivity contribution in [3.63, 3.8) is 0 Å². The van der Waals surface area contributed by atoms with Gasteiger partial charge >= 0.3 is 5.97 Å². The standard InChI is InChI=1S/C18H25NO5/c1-13-5-2-3-8-16(13)24-11-17(20)19-10-14-6-4-7-15(9-14)23-12-18(21)22/h4,6-7,9,13,16H,2-3,5,8,10-12H2,1H3,(H,19,20)(H,21,22). The van der Waals surface area contributed by atoms with Crippen LogP contribution in [0.15, 0.2) is 24.3 Å². The van der Waals surface area contributed by atoms with Gasteiger partial charge in [0.15, 0.2) is 6.61 Å². The lowest BCUT2D eigenvalue weighted by Crippen LogP contribution is -2.32. The molecule has 6 nitrogen and oxygen atoms in total. The third kappa shape index (κ3) is 6.20. The number of carbonyl (C=O) groups excluding carboxylic acids is 1. The van der Waals surface area contributed by atoms with Gasteiger partial charge in [-0.05, 0) is 36.5 Å². The fourth-order valence-electron chi connectivity index (χ4n) is 2.85. The molecular formula is C18H25NO5. The number of ether oxygens (including phenoxy) is 2. The third-order valence-electron chi connectivity index (χ3n) is 4.21. The largest absolute Gasteiger partial charge is 0.482 e. The topological polar surface area (TPSA) is 84.9 Å². The molecule has 0 spiro atoms. The highest BCUT2D eigenvalue weighted by atomic mass is 16.5. The molecule has 1 aromatic rings. The molecule has 2 rings (SSSR count). The fraction of sp³-hybridized carbons (Fsp3) is 0.556. The molecule has 0 aromatic heterocycles. The number of amides is 1. The minimum Gasteiger partial charge on any atom is -0.482 e. The van der Waals surface area contributed by atoms with E-state index in [2.05, 4.69) is 12.2 Å². The molecule has 1 aliphatic carbocycles. The molecule has 0 heterocycles. The summed E-state index contributed by atoms with van der Waals surface area (Å²) in [6.07, 6.45) is 4.78. The molecule has 2 N–H and O–H groups in total. The van der Waals surface area contributed by atoms with Gasteiger partial charge in [-0.2, -0.15) is 0 Å². The molecule has 24 heavy (non-hydrogen) atoms. The molecule has 2 unspecified atom stereocenters. The Labute approximate surface area is 142 Å². The Balaban J connectivity index is 1.73. The molecule has 1 aromatic carbocycles. The summed E-state index contributed by atoms with van der Waals surface area (Å²) in [5, 5.41) is 11.4. The molecule has 0 radical (unpaired) electrons. The second-order valence-corrected chi connectivity index (χ2v) is 6.22. The van der Waals surface area contributed by atoms with Gasteiger partial charge in [-0.25, -0.2) is 4.79 Å². The van der Waals surface area contributed by atoms with Gasteiger partial charge in [-0.1, -0.05) is 31.9 Å². The summed E-state index contributed by atoms with van der Waals surface area (Å²) in [4.78, 5) is 22.4. The van der Waals surface area contributed by atoms with E-state index in [1.165, 1.54) is 12.8 Å². The first-order valence-corrected chi connectivity index (χ1v) is 8.36. The van der Waals surface area contributed by atoms with Gasteiger partial charge < -0.3 is 19.9 Å². The smallest absolute Gasteiger partial charge is 0.341 e. The van der Waals surface area contributed by atoms with Crippen molar-refractivity contribution in [3.05, 3.63) is 29.8 Å². The molecule has 1 aliphatic rings. The minimum atomic E-state index is -1.03. The summed E-state index contributed by atoms with van der Waals surface area (Å²) in [6.45, 7) is 2.21. The van der Waals surface area contributed by atoms with E-state index < -0.39 is 5.97 Å². The summed E-state index contributed by atoms with van der Waals surface area (Å²) in [5.74, 6) is -0.196. The number of carbonyl (C=O) groups is 2. The molecule has 6 heteroatoms. The molecule has 1 amide bonds. The van der Waals surface area contributed by atoms with Crippen molar-refractivity contribution in [3.8, 4) is 5.75 Å². The molecule has 0 saturated heterocycles. The molecule has 1 fully saturated rings. The van der Waals surface area contributed by atoms with E-state index in [4.69, 9.17) is 14.6 Å². The van der Waals surface area contributed by atoms with E-state index in [9.17, 15) is 9.59 Å². The highest BCUT2D eigenvalue weighted by molar-refractivity contribution is 5.77. The first-order chi connectivity index (χ1) is 11.5. The number of hydrogen-bond donors (Lipinski definition) is 2. The number of nitrogens with one attached hydrogen (secondary N) is 1. The maximum atomic E-state index is 11.9. The van der Waals surface area contributed by atoms with Crippen molar-refractivity contribution in [1.82, 2.24) is 5.32 Å². The Kier molecular flexibility index (Phi) is 7.06. The predicted octanol–water partition coefficient (Wildman–Crippen LogP) is 2.36. The molecular weight excluding hydrogens is 310 g/mol. The van der Waals surface area contributed by atoms with Crippen LogP contribution in [0.25, 0.3) is 0 Å². The molecule has 132 valence electrons. The lowest BCUT2D eigenvalue weighted by atomic mass is 9.88. The summed E-state index contributed by atoms with van der Waals surface area (Å²) < 4.78 is 10.8. The monoisotopic (exact) mass is 335 g/mol. The molecule has 0 bridgehead atoms. The van der Waals surface area contributed by atoms with Crippen LogP contribution in [0.5, 0.6) is 5.75 Å². The van der Waals surface area contributed by atoms with Crippen molar-refractivity contribution in [2.75, 3.05) is 13.2 Å². The Morgan fingerprint density at radius 3 is 2.79 bits per heavy atom. The van der Waals surface area contributed by atoms with Gasteiger partial charge in [-0.3, -0.25) is 4.79 Å². The number of carboxylic acids is 1. The van der Waals surface area contributed by atoms with Crippen LogP contribution >= 0.6 is 0 Å². The van der Waals surface area contributed by atoms with Gasteiger partial charge in [0.25, 0.3) is 0 Å². The Hall–Kier alpha value is -2.08. The van der Waals surface area contributed by atoms with E-state index in [0.29, 0.717) is 18.2 Å². The SMILES string of the molecule is CC1CCCCC1OCC(=O)NCc1cccc(OCC(=O)O)c1.